The van der Waals surface area contributed by atoms with Crippen molar-refractivity contribution in [2.24, 2.45) is 0 Å². The van der Waals surface area contributed by atoms with Crippen LogP contribution in [0, 0.1) is 0 Å². The number of aromatic hydroxyl groups is 1. The molecule has 148 valence electrons. The molecular weight excluding hydrogens is 364 g/mol. The van der Waals surface area contributed by atoms with Gasteiger partial charge in [0.15, 0.2) is 11.5 Å². The summed E-state index contributed by atoms with van der Waals surface area (Å²) in [5.74, 6) is -5.99. The van der Waals surface area contributed by atoms with Gasteiger partial charge in [-0.3, -0.25) is 14.4 Å². The van der Waals surface area contributed by atoms with Crippen molar-refractivity contribution in [3.8, 4) is 11.5 Å². The van der Waals surface area contributed by atoms with Gasteiger partial charge in [0.2, 0.25) is 11.7 Å². The van der Waals surface area contributed by atoms with Crippen molar-refractivity contribution in [1.29, 1.82) is 0 Å². The van der Waals surface area contributed by atoms with Crippen LogP contribution in [0.3, 0.4) is 0 Å². The van der Waals surface area contributed by atoms with E-state index in [1.807, 2.05) is 0 Å². The third kappa shape index (κ3) is 4.91. The number of phenolic OH excluding ortho intramolecular Hbond substituents is 1. The zero-order valence-electron chi connectivity index (χ0n) is 14.9. The number of likely N-dealkylation sites (N-methyl/N-ethyl adjacent to an activating group) is 1. The number of alkyl halides is 2. The van der Waals surface area contributed by atoms with Crippen molar-refractivity contribution in [3.05, 3.63) is 23.8 Å². The molecule has 1 aliphatic rings. The number of nitrogens with zero attached hydrogens (tertiary/aromatic N) is 1. The molecule has 0 bridgehead atoms. The Bertz CT molecular complexity index is 741. The number of ketones is 1. The molecule has 1 heterocycles. The summed E-state index contributed by atoms with van der Waals surface area (Å²) in [6.07, 6.45) is -0.891. The Balaban J connectivity index is 2.03. The molecule has 27 heavy (non-hydrogen) atoms. The number of ether oxygens (including phenoxy) is 1. The second kappa shape index (κ2) is 8.30. The summed E-state index contributed by atoms with van der Waals surface area (Å²) in [6, 6.07) is 2.88. The first-order valence-electron chi connectivity index (χ1n) is 8.18. The smallest absolute Gasteiger partial charge is 0.289 e. The van der Waals surface area contributed by atoms with Gasteiger partial charge in [0, 0.05) is 13.0 Å². The molecule has 2 amide bonds. The minimum Gasteiger partial charge on any atom is -0.504 e. The second-order valence-corrected chi connectivity index (χ2v) is 6.18. The third-order valence-electron chi connectivity index (χ3n) is 4.14. The van der Waals surface area contributed by atoms with E-state index in [1.54, 1.807) is 6.07 Å². The molecule has 1 aliphatic heterocycles. The maximum absolute atomic E-state index is 13.7. The average Bonchev–Trinajstić information content (AvgIpc) is 2.95. The van der Waals surface area contributed by atoms with Crippen molar-refractivity contribution in [2.45, 2.75) is 24.9 Å². The number of methoxy groups -OCH3 is 1. The molecule has 8 nitrogen and oxygen atoms in total. The van der Waals surface area contributed by atoms with E-state index < -0.39 is 42.5 Å². The highest BCUT2D eigenvalue weighted by atomic mass is 19.3. The summed E-state index contributed by atoms with van der Waals surface area (Å²) >= 11 is 0. The minimum absolute atomic E-state index is 0.101. The lowest BCUT2D eigenvalue weighted by Gasteiger charge is -2.22. The van der Waals surface area contributed by atoms with Crippen LogP contribution in [-0.4, -0.2) is 66.8 Å². The molecule has 2 rings (SSSR count). The van der Waals surface area contributed by atoms with E-state index in [4.69, 9.17) is 4.74 Å². The van der Waals surface area contributed by atoms with Gasteiger partial charge < -0.3 is 25.4 Å². The first-order valence-corrected chi connectivity index (χ1v) is 8.18. The SMILES string of the molecule is CNCC(=O)N1CC(F)(F)CC1C(=O)C(=O)NCc1ccc(OC)c(O)c1. The van der Waals surface area contributed by atoms with Crippen molar-refractivity contribution in [2.75, 3.05) is 27.2 Å². The topological polar surface area (TPSA) is 108 Å². The number of likely N-dealkylation sites (tertiary alicyclic amines) is 1. The zero-order valence-corrected chi connectivity index (χ0v) is 14.9. The van der Waals surface area contributed by atoms with Crippen LogP contribution in [0.25, 0.3) is 0 Å². The fourth-order valence-corrected chi connectivity index (χ4v) is 2.83. The number of carbonyl (C=O) groups is 3. The molecular formula is C17H21F2N3O5. The number of benzene rings is 1. The van der Waals surface area contributed by atoms with Gasteiger partial charge in [0.05, 0.1) is 20.2 Å². The lowest BCUT2D eigenvalue weighted by atomic mass is 10.1. The largest absolute Gasteiger partial charge is 0.504 e. The number of Topliss-reactive ketones (excluding diaryl/α,β-unsaturated/α-hetero) is 1. The van der Waals surface area contributed by atoms with E-state index in [1.165, 1.54) is 26.3 Å². The van der Waals surface area contributed by atoms with E-state index in [9.17, 15) is 28.3 Å². The van der Waals surface area contributed by atoms with Gasteiger partial charge in [-0.1, -0.05) is 6.07 Å². The van der Waals surface area contributed by atoms with Crippen molar-refractivity contribution in [3.63, 3.8) is 0 Å². The van der Waals surface area contributed by atoms with Crippen LogP contribution in [0.2, 0.25) is 0 Å². The number of nitrogens with one attached hydrogen (secondary N) is 2. The summed E-state index contributed by atoms with van der Waals surface area (Å²) in [6.45, 7) is -1.22. The maximum atomic E-state index is 13.7. The van der Waals surface area contributed by atoms with E-state index in [-0.39, 0.29) is 24.6 Å². The Hall–Kier alpha value is -2.75. The van der Waals surface area contributed by atoms with Crippen LogP contribution in [0.4, 0.5) is 8.78 Å². The van der Waals surface area contributed by atoms with Gasteiger partial charge >= 0.3 is 0 Å². The number of rotatable bonds is 7. The molecule has 1 atom stereocenters. The molecule has 0 aromatic heterocycles. The first-order chi connectivity index (χ1) is 12.7. The van der Waals surface area contributed by atoms with Crippen LogP contribution < -0.4 is 15.4 Å². The molecule has 0 aliphatic carbocycles. The normalized spacial score (nSPS) is 18.2. The number of amides is 2. The zero-order chi connectivity index (χ0) is 20.2. The van der Waals surface area contributed by atoms with Gasteiger partial charge in [0.25, 0.3) is 11.8 Å². The predicted octanol–water partition coefficient (Wildman–Crippen LogP) is 0.0417. The quantitative estimate of drug-likeness (QED) is 0.572. The summed E-state index contributed by atoms with van der Waals surface area (Å²) in [5, 5.41) is 14.6. The van der Waals surface area contributed by atoms with E-state index in [2.05, 4.69) is 10.6 Å². The summed E-state index contributed by atoms with van der Waals surface area (Å²) in [5.41, 5.74) is 0.481. The number of phenols is 1. The standard InChI is InChI=1S/C17H21F2N3O5/c1-20-8-14(24)22-9-17(18,19)6-11(22)15(25)16(26)21-7-10-3-4-13(27-2)12(23)5-10/h3-5,11,20,23H,6-9H2,1-2H3,(H,21,26). The lowest BCUT2D eigenvalue weighted by molar-refractivity contribution is -0.144. The van der Waals surface area contributed by atoms with E-state index in [0.29, 0.717) is 5.56 Å². The van der Waals surface area contributed by atoms with Crippen LogP contribution in [0.15, 0.2) is 18.2 Å². The minimum atomic E-state index is -3.23. The van der Waals surface area contributed by atoms with E-state index >= 15 is 0 Å². The molecule has 3 N–H and O–H groups in total. The molecule has 1 saturated heterocycles. The number of hydrogen-bond donors (Lipinski definition) is 3. The Morgan fingerprint density at radius 2 is 2.07 bits per heavy atom. The Kier molecular flexibility index (Phi) is 6.32. The van der Waals surface area contributed by atoms with Crippen LogP contribution in [0.5, 0.6) is 11.5 Å². The second-order valence-electron chi connectivity index (χ2n) is 6.18. The molecule has 1 unspecified atom stereocenters. The molecule has 1 aromatic rings. The van der Waals surface area contributed by atoms with Crippen molar-refractivity contribution < 1.29 is 33.0 Å². The molecule has 0 spiro atoms. The lowest BCUT2D eigenvalue weighted by Crippen LogP contribution is -2.48. The molecule has 0 radical (unpaired) electrons. The van der Waals surface area contributed by atoms with Crippen LogP contribution >= 0.6 is 0 Å². The van der Waals surface area contributed by atoms with Gasteiger partial charge in [-0.2, -0.15) is 0 Å². The highest BCUT2D eigenvalue weighted by Crippen LogP contribution is 2.32. The van der Waals surface area contributed by atoms with Crippen LogP contribution in [0.1, 0.15) is 12.0 Å². The average molecular weight is 385 g/mol. The highest BCUT2D eigenvalue weighted by molar-refractivity contribution is 6.38. The summed E-state index contributed by atoms with van der Waals surface area (Å²) in [7, 11) is 2.85. The van der Waals surface area contributed by atoms with Gasteiger partial charge in [-0.15, -0.1) is 0 Å². The number of carbonyl (C=O) groups excluding carboxylic acids is 3. The van der Waals surface area contributed by atoms with Gasteiger partial charge in [0.1, 0.15) is 6.04 Å². The Morgan fingerprint density at radius 3 is 2.67 bits per heavy atom. The fraction of sp³-hybridized carbons (Fsp3) is 0.471. The summed E-state index contributed by atoms with van der Waals surface area (Å²) in [4.78, 5) is 37.1. The van der Waals surface area contributed by atoms with Crippen molar-refractivity contribution in [1.82, 2.24) is 15.5 Å². The fourth-order valence-electron chi connectivity index (χ4n) is 2.83. The highest BCUT2D eigenvalue weighted by Gasteiger charge is 2.50. The Labute approximate surface area is 154 Å². The number of halogens is 2. The molecule has 1 aromatic carbocycles. The van der Waals surface area contributed by atoms with Gasteiger partial charge in [-0.05, 0) is 24.7 Å². The van der Waals surface area contributed by atoms with Gasteiger partial charge in [-0.25, -0.2) is 8.78 Å². The molecule has 10 heteroatoms. The molecule has 1 fully saturated rings. The third-order valence-corrected chi connectivity index (χ3v) is 4.14. The Morgan fingerprint density at radius 1 is 1.37 bits per heavy atom. The maximum Gasteiger partial charge on any atom is 0.289 e. The van der Waals surface area contributed by atoms with Crippen molar-refractivity contribution >= 4 is 17.6 Å². The predicted molar refractivity (Wildman–Crippen MR) is 90.5 cm³/mol. The monoisotopic (exact) mass is 385 g/mol. The van der Waals surface area contributed by atoms with Crippen LogP contribution in [-0.2, 0) is 20.9 Å². The number of hydrogen-bond acceptors (Lipinski definition) is 6. The molecule has 0 saturated carbocycles. The summed E-state index contributed by atoms with van der Waals surface area (Å²) < 4.78 is 32.3. The van der Waals surface area contributed by atoms with E-state index in [0.717, 1.165) is 4.90 Å². The first kappa shape index (κ1) is 20.6.